The Hall–Kier alpha value is -2.39. The van der Waals surface area contributed by atoms with Crippen molar-refractivity contribution in [1.82, 2.24) is 19.4 Å². The number of hydrogen-bond donors (Lipinski definition) is 2. The van der Waals surface area contributed by atoms with Crippen molar-refractivity contribution in [2.45, 2.75) is 40.3 Å². The first-order valence-electron chi connectivity index (χ1n) is 9.75. The van der Waals surface area contributed by atoms with Gasteiger partial charge in [0.05, 0.1) is 11.9 Å². The molecule has 2 aromatic rings. The lowest BCUT2D eigenvalue weighted by molar-refractivity contribution is 0.249. The number of nitrogens with zero attached hydrogens (tertiary/aromatic N) is 3. The number of benzene rings is 1. The first kappa shape index (κ1) is 21.3. The van der Waals surface area contributed by atoms with Gasteiger partial charge in [0.1, 0.15) is 0 Å². The van der Waals surface area contributed by atoms with Gasteiger partial charge in [0, 0.05) is 37.6 Å². The van der Waals surface area contributed by atoms with E-state index < -0.39 is 10.0 Å². The van der Waals surface area contributed by atoms with Gasteiger partial charge in [-0.15, -0.1) is 0 Å². The van der Waals surface area contributed by atoms with Crippen molar-refractivity contribution < 1.29 is 13.2 Å². The van der Waals surface area contributed by atoms with E-state index in [1.807, 2.05) is 42.8 Å². The third-order valence-corrected chi connectivity index (χ3v) is 6.40. The predicted octanol–water partition coefficient (Wildman–Crippen LogP) is 2.28. The van der Waals surface area contributed by atoms with Crippen LogP contribution in [0.4, 0.5) is 10.5 Å². The summed E-state index contributed by atoms with van der Waals surface area (Å²) in [7, 11) is -3.22. The first-order valence-corrected chi connectivity index (χ1v) is 11.6. The molecule has 1 aliphatic rings. The van der Waals surface area contributed by atoms with E-state index in [1.54, 1.807) is 0 Å². The van der Waals surface area contributed by atoms with Gasteiger partial charge in [0.2, 0.25) is 10.0 Å². The van der Waals surface area contributed by atoms with Crippen molar-refractivity contribution in [3.8, 4) is 0 Å². The third kappa shape index (κ3) is 5.36. The van der Waals surface area contributed by atoms with E-state index in [1.165, 1.54) is 10.6 Å². The van der Waals surface area contributed by atoms with Crippen LogP contribution < -0.4 is 10.6 Å². The number of carbonyl (C=O) groups excluding carboxylic acids is 1. The number of aromatic nitrogens is 2. The Morgan fingerprint density at radius 1 is 1.31 bits per heavy atom. The minimum Gasteiger partial charge on any atom is -0.338 e. The van der Waals surface area contributed by atoms with E-state index in [0.717, 1.165) is 34.7 Å². The summed E-state index contributed by atoms with van der Waals surface area (Å²) in [6, 6.07) is 7.38. The Kier molecular flexibility index (Phi) is 6.28. The number of sulfonamides is 1. The number of carbonyl (C=O) groups is 1. The second-order valence-corrected chi connectivity index (χ2v) is 9.82. The molecule has 9 heteroatoms. The Labute approximate surface area is 172 Å². The van der Waals surface area contributed by atoms with Gasteiger partial charge >= 0.3 is 6.03 Å². The molecule has 0 aliphatic carbocycles. The van der Waals surface area contributed by atoms with Gasteiger partial charge < -0.3 is 10.6 Å². The summed E-state index contributed by atoms with van der Waals surface area (Å²) in [6.07, 6.45) is 1.80. The maximum absolute atomic E-state index is 12.4. The number of anilines is 1. The molecule has 0 fully saturated rings. The fourth-order valence-corrected chi connectivity index (χ4v) is 4.43. The molecule has 1 atom stereocenters. The van der Waals surface area contributed by atoms with E-state index >= 15 is 0 Å². The molecular weight excluding hydrogens is 390 g/mol. The van der Waals surface area contributed by atoms with E-state index in [4.69, 9.17) is 0 Å². The highest BCUT2D eigenvalue weighted by Crippen LogP contribution is 2.27. The molecule has 0 saturated heterocycles. The summed E-state index contributed by atoms with van der Waals surface area (Å²) in [4.78, 5) is 12.4. The molecule has 29 heavy (non-hydrogen) atoms. The molecule has 0 spiro atoms. The Morgan fingerprint density at radius 2 is 2.07 bits per heavy atom. The van der Waals surface area contributed by atoms with Crippen molar-refractivity contribution in [1.29, 1.82) is 0 Å². The predicted molar refractivity (Wildman–Crippen MR) is 113 cm³/mol. The number of urea groups is 1. The minimum atomic E-state index is -3.22. The maximum atomic E-state index is 12.4. The van der Waals surface area contributed by atoms with Crippen molar-refractivity contribution >= 4 is 21.7 Å². The lowest BCUT2D eigenvalue weighted by atomic mass is 9.99. The second-order valence-electron chi connectivity index (χ2n) is 7.84. The van der Waals surface area contributed by atoms with Crippen LogP contribution in [0.2, 0.25) is 0 Å². The van der Waals surface area contributed by atoms with Crippen LogP contribution in [0.3, 0.4) is 0 Å². The molecule has 8 nitrogen and oxygen atoms in total. The van der Waals surface area contributed by atoms with Crippen LogP contribution in [0, 0.1) is 19.8 Å². The summed E-state index contributed by atoms with van der Waals surface area (Å²) in [5.41, 5.74) is 4.76. The Bertz CT molecular complexity index is 1000. The largest absolute Gasteiger partial charge is 0.338 e. The topological polar surface area (TPSA) is 96.3 Å². The smallest absolute Gasteiger partial charge is 0.319 e. The van der Waals surface area contributed by atoms with Crippen LogP contribution in [0.15, 0.2) is 24.3 Å². The highest BCUT2D eigenvalue weighted by Gasteiger charge is 2.25. The van der Waals surface area contributed by atoms with Crippen LogP contribution >= 0.6 is 0 Å². The van der Waals surface area contributed by atoms with Crippen LogP contribution in [0.5, 0.6) is 0 Å². The van der Waals surface area contributed by atoms with Gasteiger partial charge in [-0.05, 0) is 49.4 Å². The standard InChI is InChI=1S/C20H29N5O3S/c1-14(12-25-16(3)10-15(2)23-25)11-21-20(26)22-19-7-5-6-17-13-24(29(4,27)28)9-8-18(17)19/h5-7,10,14H,8-9,11-13H2,1-4H3,(H2,21,22,26). The average Bonchev–Trinajstić information content (AvgIpc) is 2.96. The molecule has 3 rings (SSSR count). The normalized spacial score (nSPS) is 15.6. The van der Waals surface area contributed by atoms with Gasteiger partial charge in [-0.2, -0.15) is 9.40 Å². The molecular formula is C20H29N5O3S. The van der Waals surface area contributed by atoms with E-state index in [9.17, 15) is 13.2 Å². The maximum Gasteiger partial charge on any atom is 0.319 e. The Morgan fingerprint density at radius 3 is 2.72 bits per heavy atom. The summed E-state index contributed by atoms with van der Waals surface area (Å²) in [5, 5.41) is 10.3. The SMILES string of the molecule is Cc1cc(C)n(CC(C)CNC(=O)Nc2cccc3c2CCN(S(C)(=O)=O)C3)n1. The van der Waals surface area contributed by atoms with Crippen molar-refractivity contribution in [2.24, 2.45) is 5.92 Å². The van der Waals surface area contributed by atoms with Gasteiger partial charge in [-0.3, -0.25) is 4.68 Å². The minimum absolute atomic E-state index is 0.228. The third-order valence-electron chi connectivity index (χ3n) is 5.15. The second kappa shape index (κ2) is 8.54. The van der Waals surface area contributed by atoms with E-state index in [0.29, 0.717) is 26.1 Å². The fourth-order valence-electron chi connectivity index (χ4n) is 3.64. The number of amides is 2. The molecule has 0 radical (unpaired) electrons. The highest BCUT2D eigenvalue weighted by atomic mass is 32.2. The molecule has 0 saturated carbocycles. The molecule has 158 valence electrons. The van der Waals surface area contributed by atoms with Gasteiger partial charge in [-0.1, -0.05) is 19.1 Å². The quantitative estimate of drug-likeness (QED) is 0.751. The summed E-state index contributed by atoms with van der Waals surface area (Å²) < 4.78 is 27.0. The molecule has 1 unspecified atom stereocenters. The number of fused-ring (bicyclic) bond motifs is 1. The van der Waals surface area contributed by atoms with Crippen molar-refractivity contribution in [2.75, 3.05) is 24.7 Å². The van der Waals surface area contributed by atoms with Gasteiger partial charge in [-0.25, -0.2) is 13.2 Å². The fraction of sp³-hybridized carbons (Fsp3) is 0.500. The number of hydrogen-bond acceptors (Lipinski definition) is 4. The van der Waals surface area contributed by atoms with E-state index in [2.05, 4.69) is 22.7 Å². The van der Waals surface area contributed by atoms with Gasteiger partial charge in [0.15, 0.2) is 0 Å². The zero-order chi connectivity index (χ0) is 21.2. The lowest BCUT2D eigenvalue weighted by Crippen LogP contribution is -2.37. The lowest BCUT2D eigenvalue weighted by Gasteiger charge is -2.28. The molecule has 1 aromatic carbocycles. The number of rotatable bonds is 6. The van der Waals surface area contributed by atoms with Crippen LogP contribution in [-0.2, 0) is 29.5 Å². The molecule has 2 heterocycles. The molecule has 1 aliphatic heterocycles. The Balaban J connectivity index is 1.57. The number of aryl methyl sites for hydroxylation is 2. The molecule has 2 amide bonds. The van der Waals surface area contributed by atoms with Crippen LogP contribution in [-0.4, -0.2) is 47.9 Å². The first-order chi connectivity index (χ1) is 13.6. The van der Waals surface area contributed by atoms with Crippen LogP contribution in [0.1, 0.15) is 29.4 Å². The average molecular weight is 420 g/mol. The van der Waals surface area contributed by atoms with E-state index in [-0.39, 0.29) is 11.9 Å². The zero-order valence-electron chi connectivity index (χ0n) is 17.4. The monoisotopic (exact) mass is 419 g/mol. The number of nitrogens with one attached hydrogen (secondary N) is 2. The van der Waals surface area contributed by atoms with Crippen molar-refractivity contribution in [3.05, 3.63) is 46.8 Å². The van der Waals surface area contributed by atoms with Crippen molar-refractivity contribution in [3.63, 3.8) is 0 Å². The van der Waals surface area contributed by atoms with Crippen LogP contribution in [0.25, 0.3) is 0 Å². The molecule has 2 N–H and O–H groups in total. The summed E-state index contributed by atoms with van der Waals surface area (Å²) in [6.45, 7) is 8.09. The highest BCUT2D eigenvalue weighted by molar-refractivity contribution is 7.88. The molecule has 1 aromatic heterocycles. The summed E-state index contributed by atoms with van der Waals surface area (Å²) in [5.74, 6) is 0.228. The van der Waals surface area contributed by atoms with Gasteiger partial charge in [0.25, 0.3) is 0 Å². The molecule has 0 bridgehead atoms. The summed E-state index contributed by atoms with van der Waals surface area (Å²) >= 11 is 0. The zero-order valence-corrected chi connectivity index (χ0v) is 18.2.